The molecule has 0 saturated heterocycles. The summed E-state index contributed by atoms with van der Waals surface area (Å²) in [5.41, 5.74) is 2.69. The Labute approximate surface area is 107 Å². The van der Waals surface area contributed by atoms with Crippen LogP contribution in [0.2, 0.25) is 0 Å². The second-order valence-corrected chi connectivity index (χ2v) is 5.27. The topological polar surface area (TPSA) is 18.5 Å². The largest absolute Gasteiger partial charge is 0.496 e. The first-order valence-corrected chi connectivity index (χ1v) is 6.46. The summed E-state index contributed by atoms with van der Waals surface area (Å²) in [4.78, 5) is 0. The number of benzene rings is 1. The van der Waals surface area contributed by atoms with Crippen molar-refractivity contribution in [2.24, 2.45) is 11.8 Å². The van der Waals surface area contributed by atoms with Crippen molar-refractivity contribution in [3.05, 3.63) is 47.6 Å². The molecule has 4 atom stereocenters. The number of allylic oxidation sites excluding steroid dienone is 4. The van der Waals surface area contributed by atoms with Crippen LogP contribution in [0.25, 0.3) is 0 Å². The SMILES string of the molecule is COc1ccc(OC)c2c1[C@@H]1C=C[C@@H]2[C@H]2C=C[C@@H]21. The zero-order valence-corrected chi connectivity index (χ0v) is 10.6. The van der Waals surface area contributed by atoms with Gasteiger partial charge >= 0.3 is 0 Å². The van der Waals surface area contributed by atoms with Crippen molar-refractivity contribution in [1.29, 1.82) is 0 Å². The molecule has 1 aromatic carbocycles. The average Bonchev–Trinajstić information content (AvgIpc) is 2.37. The van der Waals surface area contributed by atoms with Crippen LogP contribution in [-0.2, 0) is 0 Å². The van der Waals surface area contributed by atoms with Gasteiger partial charge in [-0.25, -0.2) is 0 Å². The van der Waals surface area contributed by atoms with Gasteiger partial charge in [-0.1, -0.05) is 24.3 Å². The third-order valence-electron chi connectivity index (χ3n) is 4.67. The quantitative estimate of drug-likeness (QED) is 0.739. The van der Waals surface area contributed by atoms with Crippen LogP contribution < -0.4 is 9.47 Å². The van der Waals surface area contributed by atoms with Crippen molar-refractivity contribution in [3.8, 4) is 11.5 Å². The Hall–Kier alpha value is -1.70. The molecule has 0 aromatic heterocycles. The normalized spacial score (nSPS) is 33.7. The van der Waals surface area contributed by atoms with Gasteiger partial charge in [0.05, 0.1) is 14.2 Å². The van der Waals surface area contributed by atoms with Crippen LogP contribution in [0.5, 0.6) is 11.5 Å². The van der Waals surface area contributed by atoms with Crippen LogP contribution in [0.1, 0.15) is 23.0 Å². The third-order valence-corrected chi connectivity index (χ3v) is 4.67. The fourth-order valence-corrected chi connectivity index (χ4v) is 3.80. The molecule has 0 spiro atoms. The van der Waals surface area contributed by atoms with Crippen LogP contribution >= 0.6 is 0 Å². The van der Waals surface area contributed by atoms with Gasteiger partial charge in [-0.05, 0) is 24.0 Å². The van der Waals surface area contributed by atoms with E-state index in [1.165, 1.54) is 11.1 Å². The van der Waals surface area contributed by atoms with E-state index in [-0.39, 0.29) is 0 Å². The molecule has 0 fully saturated rings. The minimum atomic E-state index is 0.463. The van der Waals surface area contributed by atoms with Gasteiger partial charge < -0.3 is 9.47 Å². The number of hydrogen-bond acceptors (Lipinski definition) is 2. The maximum absolute atomic E-state index is 5.56. The van der Waals surface area contributed by atoms with Crippen molar-refractivity contribution < 1.29 is 9.47 Å². The maximum atomic E-state index is 5.56. The molecule has 0 saturated carbocycles. The molecule has 0 aliphatic heterocycles. The van der Waals surface area contributed by atoms with Gasteiger partial charge in [0.15, 0.2) is 0 Å². The molecule has 4 aliphatic carbocycles. The Bertz CT molecular complexity index is 522. The highest BCUT2D eigenvalue weighted by Crippen LogP contribution is 2.60. The first-order chi connectivity index (χ1) is 8.85. The van der Waals surface area contributed by atoms with Gasteiger partial charge in [0.2, 0.25) is 0 Å². The van der Waals surface area contributed by atoms with Crippen molar-refractivity contribution in [2.45, 2.75) is 11.8 Å². The summed E-state index contributed by atoms with van der Waals surface area (Å²) >= 11 is 0. The third kappa shape index (κ3) is 1.04. The molecule has 0 heterocycles. The first kappa shape index (κ1) is 10.2. The molecule has 5 rings (SSSR count). The summed E-state index contributed by atoms with van der Waals surface area (Å²) in [6.45, 7) is 0. The summed E-state index contributed by atoms with van der Waals surface area (Å²) in [5.74, 6) is 4.25. The van der Waals surface area contributed by atoms with Crippen LogP contribution in [-0.4, -0.2) is 14.2 Å². The highest BCUT2D eigenvalue weighted by atomic mass is 16.5. The minimum Gasteiger partial charge on any atom is -0.496 e. The van der Waals surface area contributed by atoms with Crippen LogP contribution in [0.3, 0.4) is 0 Å². The summed E-state index contributed by atoms with van der Waals surface area (Å²) in [5, 5.41) is 0. The fraction of sp³-hybridized carbons (Fsp3) is 0.375. The predicted molar refractivity (Wildman–Crippen MR) is 70.3 cm³/mol. The van der Waals surface area contributed by atoms with Gasteiger partial charge in [-0.3, -0.25) is 0 Å². The molecular formula is C16H16O2. The minimum absolute atomic E-state index is 0.463. The lowest BCUT2D eigenvalue weighted by Crippen LogP contribution is -2.38. The maximum Gasteiger partial charge on any atom is 0.123 e. The van der Waals surface area contributed by atoms with Crippen LogP contribution in [0.15, 0.2) is 36.4 Å². The molecule has 1 aromatic rings. The number of ether oxygens (including phenoxy) is 2. The summed E-state index contributed by atoms with van der Waals surface area (Å²) in [6.07, 6.45) is 9.38. The van der Waals surface area contributed by atoms with E-state index >= 15 is 0 Å². The number of hydrogen-bond donors (Lipinski definition) is 0. The van der Waals surface area contributed by atoms with E-state index in [0.717, 1.165) is 11.5 Å². The first-order valence-electron chi connectivity index (χ1n) is 6.46. The van der Waals surface area contributed by atoms with Gasteiger partial charge in [-0.2, -0.15) is 0 Å². The van der Waals surface area contributed by atoms with Gasteiger partial charge in [-0.15, -0.1) is 0 Å². The van der Waals surface area contributed by atoms with E-state index in [1.54, 1.807) is 14.2 Å². The molecule has 4 aliphatic rings. The molecule has 0 radical (unpaired) electrons. The van der Waals surface area contributed by atoms with E-state index < -0.39 is 0 Å². The van der Waals surface area contributed by atoms with E-state index in [0.29, 0.717) is 23.7 Å². The van der Waals surface area contributed by atoms with Crippen molar-refractivity contribution in [3.63, 3.8) is 0 Å². The van der Waals surface area contributed by atoms with Gasteiger partial charge in [0, 0.05) is 23.0 Å². The monoisotopic (exact) mass is 240 g/mol. The molecule has 18 heavy (non-hydrogen) atoms. The van der Waals surface area contributed by atoms with Crippen LogP contribution in [0.4, 0.5) is 0 Å². The van der Waals surface area contributed by atoms with Crippen molar-refractivity contribution in [1.82, 2.24) is 0 Å². The highest BCUT2D eigenvalue weighted by molar-refractivity contribution is 5.61. The molecule has 2 nitrogen and oxygen atoms in total. The molecule has 92 valence electrons. The zero-order chi connectivity index (χ0) is 12.3. The highest BCUT2D eigenvalue weighted by Gasteiger charge is 2.47. The Morgan fingerprint density at radius 2 is 1.17 bits per heavy atom. The van der Waals surface area contributed by atoms with Crippen molar-refractivity contribution >= 4 is 0 Å². The second-order valence-electron chi connectivity index (χ2n) is 5.27. The lowest BCUT2D eigenvalue weighted by molar-refractivity contribution is 0.294. The Morgan fingerprint density at radius 1 is 0.722 bits per heavy atom. The number of methoxy groups -OCH3 is 2. The van der Waals surface area contributed by atoms with Gasteiger partial charge in [0.1, 0.15) is 11.5 Å². The summed E-state index contributed by atoms with van der Waals surface area (Å²) in [7, 11) is 3.50. The molecule has 2 heteroatoms. The van der Waals surface area contributed by atoms with E-state index in [2.05, 4.69) is 24.3 Å². The Balaban J connectivity index is 1.99. The fourth-order valence-electron chi connectivity index (χ4n) is 3.80. The summed E-state index contributed by atoms with van der Waals surface area (Å²) in [6, 6.07) is 4.06. The average molecular weight is 240 g/mol. The molecular weight excluding hydrogens is 224 g/mol. The lowest BCUT2D eigenvalue weighted by Gasteiger charge is -2.49. The summed E-state index contributed by atoms with van der Waals surface area (Å²) < 4.78 is 11.1. The standard InChI is InChI=1S/C16H16O2/c1-17-13-7-8-14(18-2)16-12-6-5-11(15(13)16)9-3-4-10(9)12/h3-12H,1-2H3/t9-,10-,11+,12+/m0/s1. The molecule has 0 unspecified atom stereocenters. The lowest BCUT2D eigenvalue weighted by atomic mass is 9.55. The predicted octanol–water partition coefficient (Wildman–Crippen LogP) is 3.26. The second kappa shape index (κ2) is 3.41. The van der Waals surface area contributed by atoms with Gasteiger partial charge in [0.25, 0.3) is 0 Å². The smallest absolute Gasteiger partial charge is 0.123 e. The van der Waals surface area contributed by atoms with E-state index in [4.69, 9.17) is 9.47 Å². The molecule has 0 amide bonds. The van der Waals surface area contributed by atoms with Crippen molar-refractivity contribution in [2.75, 3.05) is 14.2 Å². The zero-order valence-electron chi connectivity index (χ0n) is 10.6. The van der Waals surface area contributed by atoms with E-state index in [9.17, 15) is 0 Å². The molecule has 2 bridgehead atoms. The molecule has 0 N–H and O–H groups in total. The van der Waals surface area contributed by atoms with E-state index in [1.807, 2.05) is 12.1 Å². The number of rotatable bonds is 2. The Morgan fingerprint density at radius 3 is 1.50 bits per heavy atom. The van der Waals surface area contributed by atoms with Crippen LogP contribution in [0, 0.1) is 11.8 Å². The Kier molecular flexibility index (Phi) is 1.94.